The first-order valence-corrected chi connectivity index (χ1v) is 6.68. The summed E-state index contributed by atoms with van der Waals surface area (Å²) in [4.78, 5) is 2.33. The Kier molecular flexibility index (Phi) is 3.88. The summed E-state index contributed by atoms with van der Waals surface area (Å²) in [5.41, 5.74) is -0.402. The molecular weight excluding hydrogens is 202 g/mol. The van der Waals surface area contributed by atoms with Gasteiger partial charge in [-0.1, -0.05) is 19.3 Å². The van der Waals surface area contributed by atoms with Gasteiger partial charge in [-0.2, -0.15) is 0 Å². The van der Waals surface area contributed by atoms with Crippen molar-refractivity contribution in [1.82, 2.24) is 4.90 Å². The molecule has 3 nitrogen and oxygen atoms in total. The van der Waals surface area contributed by atoms with Gasteiger partial charge in [0.05, 0.1) is 17.8 Å². The van der Waals surface area contributed by atoms with Crippen LogP contribution in [0.1, 0.15) is 46.0 Å². The highest BCUT2D eigenvalue weighted by Gasteiger charge is 2.36. The molecule has 0 radical (unpaired) electrons. The molecule has 0 aromatic carbocycles. The molecule has 2 rings (SSSR count). The minimum absolute atomic E-state index is 0.324. The molecular formula is C13H25NO2. The summed E-state index contributed by atoms with van der Waals surface area (Å²) < 4.78 is 5.72. The largest absolute Gasteiger partial charge is 0.389 e. The van der Waals surface area contributed by atoms with Crippen LogP contribution >= 0.6 is 0 Å². The van der Waals surface area contributed by atoms with Gasteiger partial charge in [0, 0.05) is 19.6 Å². The van der Waals surface area contributed by atoms with E-state index in [4.69, 9.17) is 4.74 Å². The zero-order chi connectivity index (χ0) is 11.6. The van der Waals surface area contributed by atoms with Crippen molar-refractivity contribution in [2.24, 2.45) is 0 Å². The van der Waals surface area contributed by atoms with E-state index in [1.807, 2.05) is 0 Å². The second-order valence-corrected chi connectivity index (χ2v) is 5.79. The fraction of sp³-hybridized carbons (Fsp3) is 1.00. The van der Waals surface area contributed by atoms with Crippen LogP contribution in [0.2, 0.25) is 0 Å². The van der Waals surface area contributed by atoms with Crippen molar-refractivity contribution in [3.05, 3.63) is 0 Å². The van der Waals surface area contributed by atoms with Gasteiger partial charge < -0.3 is 9.84 Å². The van der Waals surface area contributed by atoms with Crippen molar-refractivity contribution in [3.63, 3.8) is 0 Å². The number of nitrogens with zero attached hydrogens (tertiary/aromatic N) is 1. The third kappa shape index (κ3) is 3.19. The Labute approximate surface area is 98.8 Å². The number of likely N-dealkylation sites (tertiary alicyclic amines) is 1. The van der Waals surface area contributed by atoms with E-state index in [1.165, 1.54) is 19.3 Å². The summed E-state index contributed by atoms with van der Waals surface area (Å²) in [6, 6.07) is 0. The molecule has 1 saturated carbocycles. The fourth-order valence-corrected chi connectivity index (χ4v) is 2.91. The lowest BCUT2D eigenvalue weighted by Gasteiger charge is -2.45. The molecule has 0 unspecified atom stereocenters. The number of hydrogen-bond acceptors (Lipinski definition) is 3. The van der Waals surface area contributed by atoms with E-state index in [0.717, 1.165) is 32.5 Å². The molecule has 94 valence electrons. The summed E-state index contributed by atoms with van der Waals surface area (Å²) in [6.07, 6.45) is 6.36. The second-order valence-electron chi connectivity index (χ2n) is 5.79. The van der Waals surface area contributed by atoms with E-state index >= 15 is 0 Å². The van der Waals surface area contributed by atoms with Crippen molar-refractivity contribution in [2.45, 2.75) is 63.8 Å². The van der Waals surface area contributed by atoms with Gasteiger partial charge in [-0.05, 0) is 26.7 Å². The van der Waals surface area contributed by atoms with Gasteiger partial charge in [-0.25, -0.2) is 0 Å². The average Bonchev–Trinajstić information content (AvgIpc) is 2.14. The van der Waals surface area contributed by atoms with Gasteiger partial charge in [0.15, 0.2) is 0 Å². The molecule has 2 fully saturated rings. The molecule has 0 amide bonds. The fourth-order valence-electron chi connectivity index (χ4n) is 2.91. The molecule has 1 heterocycles. The molecule has 1 aliphatic heterocycles. The molecule has 0 atom stereocenters. The van der Waals surface area contributed by atoms with Crippen LogP contribution in [-0.4, -0.2) is 47.4 Å². The van der Waals surface area contributed by atoms with E-state index < -0.39 is 5.60 Å². The Bertz CT molecular complexity index is 218. The highest BCUT2D eigenvalue weighted by atomic mass is 16.5. The summed E-state index contributed by atoms with van der Waals surface area (Å²) in [6.45, 7) is 7.01. The number of rotatable bonds is 4. The maximum atomic E-state index is 10.4. The molecule has 3 heteroatoms. The third-order valence-electron chi connectivity index (χ3n) is 3.69. The van der Waals surface area contributed by atoms with Crippen molar-refractivity contribution in [1.29, 1.82) is 0 Å². The number of hydrogen-bond donors (Lipinski definition) is 1. The van der Waals surface area contributed by atoms with Gasteiger partial charge in [0.1, 0.15) is 0 Å². The second kappa shape index (κ2) is 5.03. The summed E-state index contributed by atoms with van der Waals surface area (Å²) in [5, 5.41) is 10.4. The summed E-state index contributed by atoms with van der Waals surface area (Å²) in [7, 11) is 0. The van der Waals surface area contributed by atoms with Crippen LogP contribution in [0.15, 0.2) is 0 Å². The molecule has 0 aromatic rings. The maximum absolute atomic E-state index is 10.4. The molecule has 0 bridgehead atoms. The minimum atomic E-state index is -0.402. The standard InChI is InChI=1S/C13H25NO2/c1-11(2)16-12-8-14(9-12)10-13(15)6-4-3-5-7-13/h11-12,15H,3-10H2,1-2H3. The van der Waals surface area contributed by atoms with E-state index in [1.54, 1.807) is 0 Å². The SMILES string of the molecule is CC(C)OC1CN(CC2(O)CCCCC2)C1. The Morgan fingerprint density at radius 3 is 2.44 bits per heavy atom. The molecule has 16 heavy (non-hydrogen) atoms. The highest BCUT2D eigenvalue weighted by Crippen LogP contribution is 2.30. The Morgan fingerprint density at radius 2 is 1.88 bits per heavy atom. The molecule has 1 aliphatic carbocycles. The maximum Gasteiger partial charge on any atom is 0.0832 e. The molecule has 1 N–H and O–H groups in total. The van der Waals surface area contributed by atoms with Crippen molar-refractivity contribution in [2.75, 3.05) is 19.6 Å². The van der Waals surface area contributed by atoms with E-state index in [9.17, 15) is 5.11 Å². The van der Waals surface area contributed by atoms with Crippen LogP contribution < -0.4 is 0 Å². The van der Waals surface area contributed by atoms with Gasteiger partial charge in [-0.15, -0.1) is 0 Å². The first-order valence-electron chi connectivity index (χ1n) is 6.68. The van der Waals surface area contributed by atoms with Crippen LogP contribution in [-0.2, 0) is 4.74 Å². The lowest BCUT2D eigenvalue weighted by Crippen LogP contribution is -2.58. The van der Waals surface area contributed by atoms with Crippen molar-refractivity contribution in [3.8, 4) is 0 Å². The Hall–Kier alpha value is -0.120. The Morgan fingerprint density at radius 1 is 1.25 bits per heavy atom. The van der Waals surface area contributed by atoms with E-state index in [0.29, 0.717) is 12.2 Å². The lowest BCUT2D eigenvalue weighted by atomic mass is 9.84. The number of ether oxygens (including phenoxy) is 1. The molecule has 0 spiro atoms. The third-order valence-corrected chi connectivity index (χ3v) is 3.69. The summed E-state index contributed by atoms with van der Waals surface area (Å²) in [5.74, 6) is 0. The van der Waals surface area contributed by atoms with Crippen molar-refractivity contribution >= 4 is 0 Å². The zero-order valence-corrected chi connectivity index (χ0v) is 10.6. The minimum Gasteiger partial charge on any atom is -0.389 e. The number of aliphatic hydroxyl groups is 1. The average molecular weight is 227 g/mol. The van der Waals surface area contributed by atoms with Crippen LogP contribution in [0.5, 0.6) is 0 Å². The van der Waals surface area contributed by atoms with E-state index in [-0.39, 0.29) is 0 Å². The molecule has 1 saturated heterocycles. The predicted molar refractivity (Wildman–Crippen MR) is 64.5 cm³/mol. The van der Waals surface area contributed by atoms with Crippen LogP contribution in [0.4, 0.5) is 0 Å². The molecule has 2 aliphatic rings. The first kappa shape index (κ1) is 12.3. The monoisotopic (exact) mass is 227 g/mol. The summed E-state index contributed by atoms with van der Waals surface area (Å²) >= 11 is 0. The number of β-amino-alcohol motifs (C(OH)–C–C–N with tert-alkyl or cyclic N) is 1. The predicted octanol–water partition coefficient (Wildman–Crippen LogP) is 1.79. The Balaban J connectivity index is 1.68. The smallest absolute Gasteiger partial charge is 0.0832 e. The molecule has 0 aromatic heterocycles. The van der Waals surface area contributed by atoms with Crippen LogP contribution in [0.3, 0.4) is 0 Å². The van der Waals surface area contributed by atoms with E-state index in [2.05, 4.69) is 18.7 Å². The van der Waals surface area contributed by atoms with Gasteiger partial charge in [0.2, 0.25) is 0 Å². The lowest BCUT2D eigenvalue weighted by molar-refractivity contribution is -0.112. The van der Waals surface area contributed by atoms with Gasteiger partial charge in [0.25, 0.3) is 0 Å². The first-order chi connectivity index (χ1) is 7.57. The quantitative estimate of drug-likeness (QED) is 0.795. The highest BCUT2D eigenvalue weighted by molar-refractivity contribution is 4.91. The van der Waals surface area contributed by atoms with Crippen molar-refractivity contribution < 1.29 is 9.84 Å². The van der Waals surface area contributed by atoms with Gasteiger partial charge in [-0.3, -0.25) is 4.90 Å². The normalized spacial score (nSPS) is 27.0. The van der Waals surface area contributed by atoms with Gasteiger partial charge >= 0.3 is 0 Å². The topological polar surface area (TPSA) is 32.7 Å². The zero-order valence-electron chi connectivity index (χ0n) is 10.6. The van der Waals surface area contributed by atoms with Crippen LogP contribution in [0, 0.1) is 0 Å². The van der Waals surface area contributed by atoms with Crippen LogP contribution in [0.25, 0.3) is 0 Å².